The number of halogens is 2. The minimum atomic E-state index is -4.13. The van der Waals surface area contributed by atoms with Crippen LogP contribution in [-0.2, 0) is 23.4 Å². The highest BCUT2D eigenvalue weighted by atomic mass is 35.5. The van der Waals surface area contributed by atoms with Crippen LogP contribution in [0.3, 0.4) is 0 Å². The summed E-state index contributed by atoms with van der Waals surface area (Å²) in [6.07, 6.45) is -5.59. The molecule has 1 saturated heterocycles. The molecule has 7 atom stereocenters. The molecule has 1 fully saturated rings. The molecule has 2 aromatic rings. The molecule has 2 unspecified atom stereocenters. The summed E-state index contributed by atoms with van der Waals surface area (Å²) in [4.78, 5) is 36.1. The molecule has 0 aliphatic carbocycles. The first-order valence-corrected chi connectivity index (χ1v) is 14.0. The van der Waals surface area contributed by atoms with Crippen molar-refractivity contribution < 1.29 is 37.4 Å². The molecule has 0 amide bonds. The third kappa shape index (κ3) is 6.73. The number of aromatic amines is 1. The maximum absolute atomic E-state index is 14.2. The van der Waals surface area contributed by atoms with Crippen LogP contribution in [0.25, 0.3) is 0 Å². The van der Waals surface area contributed by atoms with Gasteiger partial charge in [0, 0.05) is 12.3 Å². The predicted octanol–water partition coefficient (Wildman–Crippen LogP) is 3.01. The molecule has 2 N–H and O–H groups in total. The Bertz CT molecular complexity index is 1270. The van der Waals surface area contributed by atoms with Crippen LogP contribution in [0.1, 0.15) is 33.9 Å². The molecule has 14 heteroatoms. The molecule has 3 rings (SSSR count). The third-order valence-electron chi connectivity index (χ3n) is 5.84. The Balaban J connectivity index is 1.89. The maximum atomic E-state index is 14.2. The van der Waals surface area contributed by atoms with Crippen LogP contribution in [0.5, 0.6) is 5.75 Å². The van der Waals surface area contributed by atoms with Crippen molar-refractivity contribution in [2.75, 3.05) is 12.8 Å². The van der Waals surface area contributed by atoms with Crippen LogP contribution in [0.2, 0.25) is 0 Å². The molecule has 0 radical (unpaired) electrons. The van der Waals surface area contributed by atoms with Crippen molar-refractivity contribution in [3.05, 3.63) is 63.4 Å². The van der Waals surface area contributed by atoms with Gasteiger partial charge in [-0.1, -0.05) is 25.1 Å². The van der Waals surface area contributed by atoms with E-state index in [9.17, 15) is 28.4 Å². The number of rotatable bonds is 11. The van der Waals surface area contributed by atoms with Gasteiger partial charge in [-0.3, -0.25) is 23.7 Å². The number of benzene rings is 1. The van der Waals surface area contributed by atoms with Gasteiger partial charge in [0.05, 0.1) is 24.3 Å². The van der Waals surface area contributed by atoms with E-state index in [1.54, 1.807) is 44.2 Å². The Morgan fingerprint density at radius 1 is 1.24 bits per heavy atom. The second-order valence-electron chi connectivity index (χ2n) is 9.37. The lowest BCUT2D eigenvalue weighted by atomic mass is 9.97. The smallest absolute Gasteiger partial charge is 0.380 e. The van der Waals surface area contributed by atoms with Gasteiger partial charge >= 0.3 is 19.3 Å². The first kappa shape index (κ1) is 30.0. The maximum Gasteiger partial charge on any atom is 0.380 e. The van der Waals surface area contributed by atoms with E-state index in [1.807, 2.05) is 4.98 Å². The van der Waals surface area contributed by atoms with Crippen molar-refractivity contribution >= 4 is 25.2 Å². The summed E-state index contributed by atoms with van der Waals surface area (Å²) in [5, 5.41) is 10.9. The lowest BCUT2D eigenvalue weighted by molar-refractivity contribution is -0.151. The quantitative estimate of drug-likeness (QED) is 0.234. The SMILES string of the molecule is CC(C)OC(=O)[C@H](C)CP(=O)(Oc1ccccc1)O[C@H](C)[C@H]1O[C@@H](n2ccc(=O)[nH]c2=O)C(Cl)(CF)[C@H]1O. The largest absolute Gasteiger partial charge is 0.463 e. The van der Waals surface area contributed by atoms with Crippen molar-refractivity contribution in [3.8, 4) is 5.75 Å². The summed E-state index contributed by atoms with van der Waals surface area (Å²) in [5.41, 5.74) is -1.62. The van der Waals surface area contributed by atoms with Crippen LogP contribution >= 0.6 is 19.2 Å². The Morgan fingerprint density at radius 2 is 1.89 bits per heavy atom. The predicted molar refractivity (Wildman–Crippen MR) is 136 cm³/mol. The zero-order valence-electron chi connectivity index (χ0n) is 21.3. The lowest BCUT2D eigenvalue weighted by Crippen LogP contribution is -2.47. The van der Waals surface area contributed by atoms with E-state index in [4.69, 9.17) is 30.1 Å². The van der Waals surface area contributed by atoms with Gasteiger partial charge in [-0.15, -0.1) is 11.6 Å². The number of carbonyl (C=O) groups excluding carboxylic acids is 1. The minimum absolute atomic E-state index is 0.202. The Kier molecular flexibility index (Phi) is 9.59. The highest BCUT2D eigenvalue weighted by Crippen LogP contribution is 2.53. The van der Waals surface area contributed by atoms with E-state index >= 15 is 0 Å². The molecule has 0 bridgehead atoms. The monoisotopic (exact) mass is 576 g/mol. The molecule has 1 aromatic heterocycles. The van der Waals surface area contributed by atoms with Gasteiger partial charge in [0.25, 0.3) is 5.56 Å². The number of nitrogens with one attached hydrogen (secondary N) is 1. The Morgan fingerprint density at radius 3 is 2.47 bits per heavy atom. The number of para-hydroxylation sites is 1. The van der Waals surface area contributed by atoms with Crippen molar-refractivity contribution in [1.82, 2.24) is 9.55 Å². The van der Waals surface area contributed by atoms with Crippen LogP contribution in [0, 0.1) is 5.92 Å². The first-order chi connectivity index (χ1) is 17.8. The van der Waals surface area contributed by atoms with Crippen LogP contribution in [0.15, 0.2) is 52.2 Å². The zero-order chi connectivity index (χ0) is 28.3. The summed E-state index contributed by atoms with van der Waals surface area (Å²) in [6, 6.07) is 9.13. The standard InChI is InChI=1S/C24H31ClFN2O9P/c1-14(2)34-21(31)15(3)12-38(33,37-17-8-6-5-7-9-17)36-16(4)19-20(30)24(25,13-26)22(35-19)28-11-10-18(29)27-23(28)32/h5-11,14-16,19-20,22,30H,12-13H2,1-4H3,(H,27,29,32)/t15-,16-,19-,20+,22-,24?,38?/m1/s1. The van der Waals surface area contributed by atoms with E-state index < -0.39 is 72.9 Å². The number of aliphatic hydroxyl groups excluding tert-OH is 1. The van der Waals surface area contributed by atoms with Crippen LogP contribution in [0.4, 0.5) is 4.39 Å². The fraction of sp³-hybridized carbons (Fsp3) is 0.542. The summed E-state index contributed by atoms with van der Waals surface area (Å²) < 4.78 is 51.4. The van der Waals surface area contributed by atoms with Gasteiger partial charge < -0.3 is 19.1 Å². The Labute approximate surface area is 223 Å². The van der Waals surface area contributed by atoms with Gasteiger partial charge in [-0.25, -0.2) is 13.8 Å². The molecule has 2 heterocycles. The average molecular weight is 577 g/mol. The summed E-state index contributed by atoms with van der Waals surface area (Å²) in [7, 11) is -4.13. The molecular formula is C24H31ClFN2O9P. The van der Waals surface area contributed by atoms with Crippen LogP contribution < -0.4 is 15.8 Å². The van der Waals surface area contributed by atoms with Gasteiger partial charge in [0.15, 0.2) is 6.23 Å². The molecule has 0 saturated carbocycles. The van der Waals surface area contributed by atoms with E-state index in [0.29, 0.717) is 0 Å². The number of hydrogen-bond donors (Lipinski definition) is 2. The number of alkyl halides is 2. The van der Waals surface area contributed by atoms with E-state index in [2.05, 4.69) is 0 Å². The Hall–Kier alpha value is -2.50. The number of aliphatic hydroxyl groups is 1. The highest BCUT2D eigenvalue weighted by Gasteiger charge is 2.59. The van der Waals surface area contributed by atoms with Crippen molar-refractivity contribution in [2.45, 2.75) is 63.2 Å². The number of ether oxygens (including phenoxy) is 2. The summed E-state index contributed by atoms with van der Waals surface area (Å²) in [6.45, 7) is 4.95. The topological polar surface area (TPSA) is 146 Å². The number of carbonyl (C=O) groups is 1. The summed E-state index contributed by atoms with van der Waals surface area (Å²) >= 11 is 6.41. The fourth-order valence-electron chi connectivity index (χ4n) is 3.99. The second kappa shape index (κ2) is 12.1. The van der Waals surface area contributed by atoms with E-state index in [0.717, 1.165) is 16.8 Å². The fourth-order valence-corrected chi connectivity index (χ4v) is 6.37. The van der Waals surface area contributed by atoms with Gasteiger partial charge in [0.2, 0.25) is 0 Å². The summed E-state index contributed by atoms with van der Waals surface area (Å²) in [5.74, 6) is -1.30. The average Bonchev–Trinajstić information content (AvgIpc) is 3.10. The molecule has 1 aliphatic heterocycles. The molecule has 0 spiro atoms. The van der Waals surface area contributed by atoms with Crippen LogP contribution in [-0.4, -0.2) is 62.8 Å². The first-order valence-electron chi connectivity index (χ1n) is 11.9. The van der Waals surface area contributed by atoms with Crippen molar-refractivity contribution in [1.29, 1.82) is 0 Å². The zero-order valence-corrected chi connectivity index (χ0v) is 22.9. The van der Waals surface area contributed by atoms with Gasteiger partial charge in [0.1, 0.15) is 29.5 Å². The van der Waals surface area contributed by atoms with Gasteiger partial charge in [-0.05, 0) is 32.9 Å². The molecule has 1 aliphatic rings. The third-order valence-corrected chi connectivity index (χ3v) is 8.49. The minimum Gasteiger partial charge on any atom is -0.463 e. The normalized spacial score (nSPS) is 26.5. The van der Waals surface area contributed by atoms with E-state index in [-0.39, 0.29) is 11.9 Å². The highest BCUT2D eigenvalue weighted by molar-refractivity contribution is 7.54. The number of H-pyrrole nitrogens is 1. The second-order valence-corrected chi connectivity index (χ2v) is 12.1. The molecule has 11 nitrogen and oxygen atoms in total. The van der Waals surface area contributed by atoms with E-state index in [1.165, 1.54) is 13.8 Å². The molecule has 210 valence electrons. The number of aromatic nitrogens is 2. The van der Waals surface area contributed by atoms with Crippen molar-refractivity contribution in [3.63, 3.8) is 0 Å². The van der Waals surface area contributed by atoms with Crippen molar-refractivity contribution in [2.24, 2.45) is 5.92 Å². The lowest BCUT2D eigenvalue weighted by Gasteiger charge is -2.29. The van der Waals surface area contributed by atoms with Gasteiger partial charge in [-0.2, -0.15) is 0 Å². The molecule has 1 aromatic carbocycles. The number of hydrogen-bond acceptors (Lipinski definition) is 9. The molecular weight excluding hydrogens is 546 g/mol. The number of esters is 1. The number of nitrogens with zero attached hydrogens (tertiary/aromatic N) is 1. The molecule has 38 heavy (non-hydrogen) atoms.